The van der Waals surface area contributed by atoms with Gasteiger partial charge in [-0.15, -0.1) is 0 Å². The van der Waals surface area contributed by atoms with Crippen molar-refractivity contribution in [2.75, 3.05) is 26.7 Å². The van der Waals surface area contributed by atoms with E-state index in [4.69, 9.17) is 5.11 Å². The van der Waals surface area contributed by atoms with Crippen molar-refractivity contribution in [3.63, 3.8) is 0 Å². The zero-order valence-corrected chi connectivity index (χ0v) is 9.86. The maximum absolute atomic E-state index is 11.9. The van der Waals surface area contributed by atoms with E-state index in [-0.39, 0.29) is 17.9 Å². The second-order valence-corrected chi connectivity index (χ2v) is 4.60. The molecular weight excluding hydrogens is 192 g/mol. The van der Waals surface area contributed by atoms with E-state index in [2.05, 4.69) is 5.32 Å². The lowest BCUT2D eigenvalue weighted by Crippen LogP contribution is -2.50. The van der Waals surface area contributed by atoms with Gasteiger partial charge in [-0.05, 0) is 32.4 Å². The van der Waals surface area contributed by atoms with Crippen molar-refractivity contribution >= 4 is 5.91 Å². The summed E-state index contributed by atoms with van der Waals surface area (Å²) < 4.78 is 0. The SMILES string of the molecule is CC(O)CCN(C)C(=O)C(C)C1CNC1. The molecule has 2 N–H and O–H groups in total. The van der Waals surface area contributed by atoms with Crippen LogP contribution in [0.4, 0.5) is 0 Å². The summed E-state index contributed by atoms with van der Waals surface area (Å²) in [5.74, 6) is 0.791. The van der Waals surface area contributed by atoms with Crippen LogP contribution < -0.4 is 5.32 Å². The molecule has 1 saturated heterocycles. The van der Waals surface area contributed by atoms with Gasteiger partial charge in [0.1, 0.15) is 0 Å². The van der Waals surface area contributed by atoms with E-state index in [0.717, 1.165) is 13.1 Å². The first-order valence-electron chi connectivity index (χ1n) is 5.66. The quantitative estimate of drug-likeness (QED) is 0.681. The predicted octanol–water partition coefficient (Wildman–Crippen LogP) is 0.0712. The first kappa shape index (κ1) is 12.5. The summed E-state index contributed by atoms with van der Waals surface area (Å²) in [4.78, 5) is 13.6. The van der Waals surface area contributed by atoms with E-state index in [1.165, 1.54) is 0 Å². The topological polar surface area (TPSA) is 52.6 Å². The fourth-order valence-electron chi connectivity index (χ4n) is 1.70. The lowest BCUT2D eigenvalue weighted by molar-refractivity contribution is -0.136. The van der Waals surface area contributed by atoms with E-state index in [1.807, 2.05) is 14.0 Å². The van der Waals surface area contributed by atoms with Gasteiger partial charge in [0, 0.05) is 19.5 Å². The van der Waals surface area contributed by atoms with Gasteiger partial charge in [-0.3, -0.25) is 4.79 Å². The average Bonchev–Trinajstić information content (AvgIpc) is 2.09. The van der Waals surface area contributed by atoms with Crippen molar-refractivity contribution in [2.45, 2.75) is 26.4 Å². The number of nitrogens with one attached hydrogen (secondary N) is 1. The molecule has 2 atom stereocenters. The maximum Gasteiger partial charge on any atom is 0.225 e. The number of nitrogens with zero attached hydrogens (tertiary/aromatic N) is 1. The number of aliphatic hydroxyl groups is 1. The highest BCUT2D eigenvalue weighted by atomic mass is 16.3. The molecule has 0 aromatic rings. The highest BCUT2D eigenvalue weighted by Crippen LogP contribution is 2.17. The van der Waals surface area contributed by atoms with Crippen LogP contribution in [0.3, 0.4) is 0 Å². The number of amides is 1. The van der Waals surface area contributed by atoms with Crippen LogP contribution in [-0.2, 0) is 4.79 Å². The number of hydrogen-bond acceptors (Lipinski definition) is 3. The second kappa shape index (κ2) is 5.47. The molecule has 1 aliphatic heterocycles. The van der Waals surface area contributed by atoms with Crippen LogP contribution in [0.2, 0.25) is 0 Å². The van der Waals surface area contributed by atoms with Crippen LogP contribution in [0.5, 0.6) is 0 Å². The Morgan fingerprint density at radius 3 is 2.53 bits per heavy atom. The molecule has 0 radical (unpaired) electrons. The van der Waals surface area contributed by atoms with Gasteiger partial charge in [0.05, 0.1) is 6.10 Å². The molecule has 4 nitrogen and oxygen atoms in total. The molecule has 88 valence electrons. The maximum atomic E-state index is 11.9. The van der Waals surface area contributed by atoms with Crippen molar-refractivity contribution in [3.05, 3.63) is 0 Å². The summed E-state index contributed by atoms with van der Waals surface area (Å²) in [5, 5.41) is 12.3. The van der Waals surface area contributed by atoms with Gasteiger partial charge in [-0.25, -0.2) is 0 Å². The normalized spacial score (nSPS) is 20.5. The molecule has 4 heteroatoms. The Balaban J connectivity index is 2.30. The third kappa shape index (κ3) is 3.47. The molecule has 1 amide bonds. The van der Waals surface area contributed by atoms with E-state index < -0.39 is 0 Å². The third-order valence-corrected chi connectivity index (χ3v) is 3.17. The van der Waals surface area contributed by atoms with Crippen LogP contribution in [0.1, 0.15) is 20.3 Å². The summed E-state index contributed by atoms with van der Waals surface area (Å²) in [6, 6.07) is 0. The lowest BCUT2D eigenvalue weighted by Gasteiger charge is -2.34. The Hall–Kier alpha value is -0.610. The van der Waals surface area contributed by atoms with Crippen molar-refractivity contribution in [2.24, 2.45) is 11.8 Å². The summed E-state index contributed by atoms with van der Waals surface area (Å²) in [6.07, 6.45) is 0.318. The summed E-state index contributed by atoms with van der Waals surface area (Å²) in [5.41, 5.74) is 0. The van der Waals surface area contributed by atoms with Crippen LogP contribution in [0, 0.1) is 11.8 Å². The van der Waals surface area contributed by atoms with Crippen LogP contribution in [0.25, 0.3) is 0 Å². The molecule has 1 aliphatic rings. The minimum atomic E-state index is -0.332. The predicted molar refractivity (Wildman–Crippen MR) is 59.5 cm³/mol. The van der Waals surface area contributed by atoms with E-state index >= 15 is 0 Å². The van der Waals surface area contributed by atoms with E-state index in [0.29, 0.717) is 18.9 Å². The van der Waals surface area contributed by atoms with Crippen molar-refractivity contribution in [1.29, 1.82) is 0 Å². The number of carbonyl (C=O) groups is 1. The molecule has 0 bridgehead atoms. The molecule has 15 heavy (non-hydrogen) atoms. The van der Waals surface area contributed by atoms with Gasteiger partial charge in [0.2, 0.25) is 5.91 Å². The zero-order chi connectivity index (χ0) is 11.4. The molecule has 0 spiro atoms. The summed E-state index contributed by atoms with van der Waals surface area (Å²) in [6.45, 7) is 6.29. The highest BCUT2D eigenvalue weighted by molar-refractivity contribution is 5.78. The highest BCUT2D eigenvalue weighted by Gasteiger charge is 2.30. The average molecular weight is 214 g/mol. The minimum absolute atomic E-state index is 0.102. The molecule has 2 unspecified atom stereocenters. The third-order valence-electron chi connectivity index (χ3n) is 3.17. The first-order chi connectivity index (χ1) is 7.02. The monoisotopic (exact) mass is 214 g/mol. The first-order valence-corrected chi connectivity index (χ1v) is 5.66. The van der Waals surface area contributed by atoms with E-state index in [9.17, 15) is 4.79 Å². The summed E-state index contributed by atoms with van der Waals surface area (Å²) in [7, 11) is 1.81. The van der Waals surface area contributed by atoms with Gasteiger partial charge in [0.25, 0.3) is 0 Å². The smallest absolute Gasteiger partial charge is 0.225 e. The Morgan fingerprint density at radius 1 is 1.53 bits per heavy atom. The Bertz CT molecular complexity index is 215. The van der Waals surface area contributed by atoms with Crippen molar-refractivity contribution < 1.29 is 9.90 Å². The van der Waals surface area contributed by atoms with Crippen LogP contribution in [0.15, 0.2) is 0 Å². The number of rotatable bonds is 5. The minimum Gasteiger partial charge on any atom is -0.393 e. The molecule has 0 saturated carbocycles. The molecular formula is C11H22N2O2. The van der Waals surface area contributed by atoms with Gasteiger partial charge >= 0.3 is 0 Å². The molecule has 0 aliphatic carbocycles. The molecule has 0 aromatic heterocycles. The molecule has 1 rings (SSSR count). The van der Waals surface area contributed by atoms with Gasteiger partial charge < -0.3 is 15.3 Å². The zero-order valence-electron chi connectivity index (χ0n) is 9.86. The fourth-order valence-corrected chi connectivity index (χ4v) is 1.70. The Labute approximate surface area is 91.6 Å². The number of hydrogen-bond donors (Lipinski definition) is 2. The standard InChI is InChI=1S/C11H22N2O2/c1-8(14)4-5-13(3)11(15)9(2)10-6-12-7-10/h8-10,12,14H,4-7H2,1-3H3. The molecule has 1 fully saturated rings. The molecule has 1 heterocycles. The van der Waals surface area contributed by atoms with Crippen LogP contribution in [-0.4, -0.2) is 48.7 Å². The second-order valence-electron chi connectivity index (χ2n) is 4.60. The Kier molecular flexibility index (Phi) is 4.54. The fraction of sp³-hybridized carbons (Fsp3) is 0.909. The molecule has 0 aromatic carbocycles. The largest absolute Gasteiger partial charge is 0.393 e. The van der Waals surface area contributed by atoms with Gasteiger partial charge in [-0.1, -0.05) is 6.92 Å². The number of carbonyl (C=O) groups excluding carboxylic acids is 1. The van der Waals surface area contributed by atoms with E-state index in [1.54, 1.807) is 11.8 Å². The van der Waals surface area contributed by atoms with Crippen molar-refractivity contribution in [3.8, 4) is 0 Å². The lowest BCUT2D eigenvalue weighted by atomic mass is 9.88. The van der Waals surface area contributed by atoms with Crippen molar-refractivity contribution in [1.82, 2.24) is 10.2 Å². The van der Waals surface area contributed by atoms with Gasteiger partial charge in [0.15, 0.2) is 0 Å². The number of aliphatic hydroxyl groups excluding tert-OH is 1. The summed E-state index contributed by atoms with van der Waals surface area (Å²) >= 11 is 0. The van der Waals surface area contributed by atoms with Gasteiger partial charge in [-0.2, -0.15) is 0 Å². The Morgan fingerprint density at radius 2 is 2.13 bits per heavy atom. The van der Waals surface area contributed by atoms with Crippen LogP contribution >= 0.6 is 0 Å².